The summed E-state index contributed by atoms with van der Waals surface area (Å²) in [6, 6.07) is 0. The lowest BCUT2D eigenvalue weighted by atomic mass is 10.1. The molecule has 0 aromatic rings. The van der Waals surface area contributed by atoms with Crippen LogP contribution in [0, 0.1) is 0 Å². The molecule has 0 radical (unpaired) electrons. The highest BCUT2D eigenvalue weighted by Gasteiger charge is 2.42. The Hall–Kier alpha value is -0.870. The molecule has 4 heteroatoms. The molecule has 0 spiro atoms. The van der Waals surface area contributed by atoms with Crippen molar-refractivity contribution in [3.63, 3.8) is 0 Å². The van der Waals surface area contributed by atoms with E-state index in [1.807, 2.05) is 12.2 Å². The van der Waals surface area contributed by atoms with E-state index in [0.29, 0.717) is 0 Å². The Labute approximate surface area is 134 Å². The Balaban J connectivity index is 1.92. The minimum absolute atomic E-state index is 0.0177. The Morgan fingerprint density at radius 2 is 1.86 bits per heavy atom. The molecule has 1 aliphatic rings. The molecule has 1 saturated heterocycles. The minimum atomic E-state index is -0.702. The van der Waals surface area contributed by atoms with Gasteiger partial charge in [0, 0.05) is 6.42 Å². The number of rotatable bonds is 14. The number of hydrogen-bond donors (Lipinski definition) is 2. The maximum absolute atomic E-state index is 10.4. The lowest BCUT2D eigenvalue weighted by molar-refractivity contribution is -0.137. The number of aliphatic carboxylic acids is 1. The Bertz CT molecular complexity index is 327. The van der Waals surface area contributed by atoms with E-state index in [4.69, 9.17) is 9.84 Å². The zero-order valence-corrected chi connectivity index (χ0v) is 13.9. The van der Waals surface area contributed by atoms with Gasteiger partial charge >= 0.3 is 5.97 Å². The number of allylic oxidation sites excluding steroid dienone is 1. The monoisotopic (exact) mass is 312 g/mol. The van der Waals surface area contributed by atoms with Crippen LogP contribution in [0.1, 0.15) is 77.6 Å². The maximum Gasteiger partial charge on any atom is 0.303 e. The summed E-state index contributed by atoms with van der Waals surface area (Å²) in [5, 5.41) is 18.5. The standard InChI is InChI=1S/C18H32O4/c1-2-3-9-13-16-18(22-16)15(19)12-10-7-5-4-6-8-11-14-17(20)21/h10,12,15-16,18-19H,2-9,11,13-14H2,1H3,(H,20,21)/b12-10-/t15-,16-,18-/m1/s1. The van der Waals surface area contributed by atoms with Crippen LogP contribution in [-0.4, -0.2) is 34.5 Å². The zero-order valence-electron chi connectivity index (χ0n) is 13.9. The number of carbonyl (C=O) groups is 1. The van der Waals surface area contributed by atoms with Crippen LogP contribution < -0.4 is 0 Å². The number of hydrogen-bond acceptors (Lipinski definition) is 3. The molecular formula is C18H32O4. The molecule has 128 valence electrons. The summed E-state index contributed by atoms with van der Waals surface area (Å²) in [5.74, 6) is -0.702. The van der Waals surface area contributed by atoms with Crippen LogP contribution in [0.2, 0.25) is 0 Å². The van der Waals surface area contributed by atoms with E-state index in [-0.39, 0.29) is 18.6 Å². The predicted molar refractivity (Wildman–Crippen MR) is 87.9 cm³/mol. The van der Waals surface area contributed by atoms with E-state index in [1.165, 1.54) is 19.3 Å². The van der Waals surface area contributed by atoms with Gasteiger partial charge in [-0.15, -0.1) is 0 Å². The van der Waals surface area contributed by atoms with Gasteiger partial charge in [-0.1, -0.05) is 57.6 Å². The number of epoxide rings is 1. The normalized spacial score (nSPS) is 22.1. The van der Waals surface area contributed by atoms with Gasteiger partial charge in [0.1, 0.15) is 12.2 Å². The van der Waals surface area contributed by atoms with Crippen LogP contribution >= 0.6 is 0 Å². The summed E-state index contributed by atoms with van der Waals surface area (Å²) in [7, 11) is 0. The molecule has 22 heavy (non-hydrogen) atoms. The van der Waals surface area contributed by atoms with Crippen molar-refractivity contribution in [3.05, 3.63) is 12.2 Å². The smallest absolute Gasteiger partial charge is 0.303 e. The molecule has 0 aromatic carbocycles. The average Bonchev–Trinajstić information content (AvgIpc) is 3.25. The maximum atomic E-state index is 10.4. The third-order valence-electron chi connectivity index (χ3n) is 4.15. The highest BCUT2D eigenvalue weighted by molar-refractivity contribution is 5.66. The van der Waals surface area contributed by atoms with E-state index in [9.17, 15) is 9.90 Å². The number of ether oxygens (including phenoxy) is 1. The van der Waals surface area contributed by atoms with Gasteiger partial charge in [0.2, 0.25) is 0 Å². The second kappa shape index (κ2) is 11.7. The summed E-state index contributed by atoms with van der Waals surface area (Å²) in [4.78, 5) is 10.4. The summed E-state index contributed by atoms with van der Waals surface area (Å²) in [6.45, 7) is 2.19. The molecule has 0 aromatic heterocycles. The third-order valence-corrected chi connectivity index (χ3v) is 4.15. The Morgan fingerprint density at radius 1 is 1.14 bits per heavy atom. The van der Waals surface area contributed by atoms with Crippen molar-refractivity contribution in [3.8, 4) is 0 Å². The first-order valence-electron chi connectivity index (χ1n) is 8.87. The van der Waals surface area contributed by atoms with E-state index in [2.05, 4.69) is 6.92 Å². The van der Waals surface area contributed by atoms with E-state index in [1.54, 1.807) is 0 Å². The highest BCUT2D eigenvalue weighted by Crippen LogP contribution is 2.30. The third kappa shape index (κ3) is 9.21. The molecule has 1 aliphatic heterocycles. The number of aliphatic hydroxyl groups excluding tert-OH is 1. The SMILES string of the molecule is CCCCC[C@H]1O[C@@H]1[C@H](O)/C=C\CCCCCCCC(=O)O. The number of carboxylic acids is 1. The molecule has 0 amide bonds. The van der Waals surface area contributed by atoms with Crippen LogP contribution in [0.4, 0.5) is 0 Å². The van der Waals surface area contributed by atoms with E-state index < -0.39 is 12.1 Å². The first-order valence-corrected chi connectivity index (χ1v) is 8.87. The number of unbranched alkanes of at least 4 members (excludes halogenated alkanes) is 7. The molecule has 1 rings (SSSR count). The summed E-state index contributed by atoms with van der Waals surface area (Å²) < 4.78 is 5.52. The topological polar surface area (TPSA) is 70.1 Å². The summed E-state index contributed by atoms with van der Waals surface area (Å²) >= 11 is 0. The van der Waals surface area contributed by atoms with Gasteiger partial charge in [-0.25, -0.2) is 0 Å². The van der Waals surface area contributed by atoms with Gasteiger partial charge in [0.05, 0.1) is 6.10 Å². The molecule has 0 unspecified atom stereocenters. The fourth-order valence-electron chi connectivity index (χ4n) is 2.70. The molecule has 2 N–H and O–H groups in total. The van der Waals surface area contributed by atoms with Gasteiger partial charge < -0.3 is 14.9 Å². The Morgan fingerprint density at radius 3 is 2.59 bits per heavy atom. The van der Waals surface area contributed by atoms with Crippen molar-refractivity contribution in [2.24, 2.45) is 0 Å². The van der Waals surface area contributed by atoms with Crippen LogP contribution in [0.5, 0.6) is 0 Å². The predicted octanol–water partition coefficient (Wildman–Crippen LogP) is 4.07. The van der Waals surface area contributed by atoms with Gasteiger partial charge in [-0.2, -0.15) is 0 Å². The van der Waals surface area contributed by atoms with E-state index in [0.717, 1.165) is 44.9 Å². The van der Waals surface area contributed by atoms with Crippen molar-refractivity contribution in [1.29, 1.82) is 0 Å². The van der Waals surface area contributed by atoms with Crippen molar-refractivity contribution >= 4 is 5.97 Å². The van der Waals surface area contributed by atoms with Gasteiger partial charge in [0.25, 0.3) is 0 Å². The summed E-state index contributed by atoms with van der Waals surface area (Å²) in [5.41, 5.74) is 0. The minimum Gasteiger partial charge on any atom is -0.481 e. The fraction of sp³-hybridized carbons (Fsp3) is 0.833. The quantitative estimate of drug-likeness (QED) is 0.288. The van der Waals surface area contributed by atoms with E-state index >= 15 is 0 Å². The second-order valence-electron chi connectivity index (χ2n) is 6.25. The molecule has 0 saturated carbocycles. The summed E-state index contributed by atoms with van der Waals surface area (Å²) in [6.07, 6.45) is 14.8. The molecule has 0 aliphatic carbocycles. The number of carboxylic acid groups (broad SMARTS) is 1. The average molecular weight is 312 g/mol. The molecule has 1 fully saturated rings. The van der Waals surface area contributed by atoms with Crippen molar-refractivity contribution in [2.45, 2.75) is 95.9 Å². The second-order valence-corrected chi connectivity index (χ2v) is 6.25. The Kier molecular flexibility index (Phi) is 10.2. The first-order chi connectivity index (χ1) is 10.6. The van der Waals surface area contributed by atoms with Crippen LogP contribution in [0.25, 0.3) is 0 Å². The first kappa shape index (κ1) is 19.2. The van der Waals surface area contributed by atoms with Crippen LogP contribution in [0.3, 0.4) is 0 Å². The molecule has 1 heterocycles. The zero-order chi connectivity index (χ0) is 16.2. The van der Waals surface area contributed by atoms with Crippen LogP contribution in [0.15, 0.2) is 12.2 Å². The molecule has 0 bridgehead atoms. The highest BCUT2D eigenvalue weighted by atomic mass is 16.6. The van der Waals surface area contributed by atoms with Crippen molar-refractivity contribution in [1.82, 2.24) is 0 Å². The molecule has 3 atom stereocenters. The van der Waals surface area contributed by atoms with Gasteiger partial charge in [-0.3, -0.25) is 4.79 Å². The molecular weight excluding hydrogens is 280 g/mol. The lowest BCUT2D eigenvalue weighted by Gasteiger charge is -2.01. The van der Waals surface area contributed by atoms with Gasteiger partial charge in [-0.05, 0) is 25.7 Å². The fourth-order valence-corrected chi connectivity index (χ4v) is 2.70. The van der Waals surface area contributed by atoms with Gasteiger partial charge in [0.15, 0.2) is 0 Å². The largest absolute Gasteiger partial charge is 0.481 e. The number of aliphatic hydroxyl groups is 1. The van der Waals surface area contributed by atoms with Crippen molar-refractivity contribution in [2.75, 3.05) is 0 Å². The van der Waals surface area contributed by atoms with Crippen LogP contribution in [-0.2, 0) is 9.53 Å². The molecule has 4 nitrogen and oxygen atoms in total. The lowest BCUT2D eigenvalue weighted by Crippen LogP contribution is -2.13. The van der Waals surface area contributed by atoms with Crippen molar-refractivity contribution < 1.29 is 19.7 Å².